The van der Waals surface area contributed by atoms with Gasteiger partial charge in [0.1, 0.15) is 5.60 Å². The van der Waals surface area contributed by atoms with Crippen LogP contribution in [0.1, 0.15) is 31.9 Å². The van der Waals surface area contributed by atoms with E-state index in [0.717, 1.165) is 5.56 Å². The average molecular weight is 392 g/mol. The molecule has 1 heterocycles. The molecule has 0 aromatic heterocycles. The molecule has 6 heteroatoms. The average Bonchev–Trinajstić information content (AvgIpc) is 2.88. The molecule has 3 rings (SSSR count). The van der Waals surface area contributed by atoms with Crippen LogP contribution < -0.4 is 10.2 Å². The minimum Gasteiger partial charge on any atom is -0.444 e. The van der Waals surface area contributed by atoms with E-state index >= 15 is 0 Å². The smallest absolute Gasteiger partial charge is 0.409 e. The number of hydrogen-bond donors (Lipinski definition) is 1. The molecule has 150 valence electrons. The predicted octanol–water partition coefficient (Wildman–Crippen LogP) is 3.67. The molecule has 29 heavy (non-hydrogen) atoms. The van der Waals surface area contributed by atoms with Crippen molar-refractivity contribution in [3.63, 3.8) is 0 Å². The van der Waals surface area contributed by atoms with Gasteiger partial charge in [-0.1, -0.05) is 54.6 Å². The molecule has 2 aromatic carbocycles. The van der Waals surface area contributed by atoms with Crippen LogP contribution >= 0.6 is 0 Å². The maximum atomic E-state index is 13.4. The van der Waals surface area contributed by atoms with Crippen LogP contribution in [0, 0.1) is 0 Å². The number of rotatable bonds is 4. The number of ketones is 1. The molecule has 0 radical (unpaired) electrons. The Morgan fingerprint density at radius 3 is 2.31 bits per heavy atom. The highest BCUT2D eigenvalue weighted by molar-refractivity contribution is 6.26. The third kappa shape index (κ3) is 3.92. The molecule has 1 N–H and O–H groups in total. The van der Waals surface area contributed by atoms with Gasteiger partial charge in [-0.3, -0.25) is 14.9 Å². The molecule has 2 aromatic rings. The fourth-order valence-electron chi connectivity index (χ4n) is 3.30. The van der Waals surface area contributed by atoms with Crippen molar-refractivity contribution < 1.29 is 19.1 Å². The number of hydrogen-bond acceptors (Lipinski definition) is 4. The molecule has 0 bridgehead atoms. The summed E-state index contributed by atoms with van der Waals surface area (Å²) in [4.78, 5) is 40.6. The van der Waals surface area contributed by atoms with Gasteiger partial charge in [0, 0.05) is 18.3 Å². The van der Waals surface area contributed by atoms with E-state index in [2.05, 4.69) is 5.32 Å². The van der Waals surface area contributed by atoms with Crippen molar-refractivity contribution in [2.24, 2.45) is 0 Å². The van der Waals surface area contributed by atoms with E-state index in [9.17, 15) is 14.4 Å². The largest absolute Gasteiger partial charge is 0.444 e. The second kappa shape index (κ2) is 7.54. The van der Waals surface area contributed by atoms with E-state index in [4.69, 9.17) is 4.74 Å². The van der Waals surface area contributed by atoms with Crippen LogP contribution in [0.25, 0.3) is 6.08 Å². The van der Waals surface area contributed by atoms with Crippen LogP contribution in [0.15, 0.2) is 60.7 Å². The number of carbonyl (C=O) groups is 3. The number of amides is 2. The minimum atomic E-state index is -1.88. The van der Waals surface area contributed by atoms with E-state index in [1.165, 1.54) is 11.0 Å². The Labute approximate surface area is 170 Å². The maximum Gasteiger partial charge on any atom is 0.409 e. The molecule has 0 unspecified atom stereocenters. The van der Waals surface area contributed by atoms with Crippen LogP contribution in [0.2, 0.25) is 0 Å². The molecule has 1 aliphatic heterocycles. The Balaban J connectivity index is 2.05. The Kier molecular flexibility index (Phi) is 5.29. The third-order valence-electron chi connectivity index (χ3n) is 4.58. The van der Waals surface area contributed by atoms with Gasteiger partial charge >= 0.3 is 6.09 Å². The quantitative estimate of drug-likeness (QED) is 0.636. The molecule has 1 aliphatic rings. The van der Waals surface area contributed by atoms with Gasteiger partial charge in [-0.15, -0.1) is 0 Å². The van der Waals surface area contributed by atoms with Crippen molar-refractivity contribution in [3.05, 3.63) is 71.8 Å². The van der Waals surface area contributed by atoms with Crippen molar-refractivity contribution >= 4 is 29.5 Å². The third-order valence-corrected chi connectivity index (χ3v) is 4.58. The Hall–Kier alpha value is -3.41. The lowest BCUT2D eigenvalue weighted by Crippen LogP contribution is -2.58. The lowest BCUT2D eigenvalue weighted by molar-refractivity contribution is -0.133. The summed E-state index contributed by atoms with van der Waals surface area (Å²) in [5.41, 5.74) is -0.864. The second-order valence-electron chi connectivity index (χ2n) is 7.87. The molecule has 0 fully saturated rings. The fourth-order valence-corrected chi connectivity index (χ4v) is 3.30. The Morgan fingerprint density at radius 2 is 1.66 bits per heavy atom. The van der Waals surface area contributed by atoms with E-state index in [-0.39, 0.29) is 0 Å². The van der Waals surface area contributed by atoms with Crippen LogP contribution in [0.4, 0.5) is 10.5 Å². The molecular weight excluding hydrogens is 368 g/mol. The second-order valence-corrected chi connectivity index (χ2v) is 7.87. The summed E-state index contributed by atoms with van der Waals surface area (Å²) in [5, 5.41) is 2.57. The van der Waals surface area contributed by atoms with Gasteiger partial charge < -0.3 is 9.64 Å². The van der Waals surface area contributed by atoms with Crippen molar-refractivity contribution in [2.45, 2.75) is 31.9 Å². The Morgan fingerprint density at radius 1 is 1.03 bits per heavy atom. The number of ether oxygens (including phenoxy) is 1. The molecule has 6 nitrogen and oxygen atoms in total. The number of benzene rings is 2. The molecule has 0 saturated carbocycles. The van der Waals surface area contributed by atoms with Gasteiger partial charge in [-0.05, 0) is 38.5 Å². The number of anilines is 1. The van der Waals surface area contributed by atoms with Crippen LogP contribution in [-0.4, -0.2) is 30.4 Å². The minimum absolute atomic E-state index is 0.418. The topological polar surface area (TPSA) is 75.7 Å². The zero-order valence-corrected chi connectivity index (χ0v) is 16.9. The number of nitrogens with zero attached hydrogens (tertiary/aromatic N) is 1. The van der Waals surface area contributed by atoms with Crippen molar-refractivity contribution in [1.82, 2.24) is 5.32 Å². The van der Waals surface area contributed by atoms with Crippen LogP contribution in [-0.2, 0) is 19.9 Å². The van der Waals surface area contributed by atoms with Gasteiger partial charge in [-0.2, -0.15) is 0 Å². The molecule has 1 atom stereocenters. The van der Waals surface area contributed by atoms with E-state index in [1.54, 1.807) is 58.2 Å². The molecule has 0 aliphatic carbocycles. The first-order valence-electron chi connectivity index (χ1n) is 9.31. The van der Waals surface area contributed by atoms with Crippen LogP contribution in [0.3, 0.4) is 0 Å². The van der Waals surface area contributed by atoms with Crippen molar-refractivity contribution in [2.75, 3.05) is 11.9 Å². The van der Waals surface area contributed by atoms with Gasteiger partial charge in [0.15, 0.2) is 5.78 Å². The standard InChI is InChI=1S/C23H24N2O4/c1-22(2,3)29-21(28)24-23(19(26)15-14-16-10-6-5-7-11-16)17-12-8-9-13-18(17)25(4)20(23)27/h5-15H,1-4H3,(H,24,28)/b15-14+/t23-/m1/s1. The summed E-state index contributed by atoms with van der Waals surface area (Å²) in [6.45, 7) is 5.15. The van der Waals surface area contributed by atoms with Crippen LogP contribution in [0.5, 0.6) is 0 Å². The van der Waals surface area contributed by atoms with Crippen molar-refractivity contribution in [3.8, 4) is 0 Å². The van der Waals surface area contributed by atoms with E-state index in [1.807, 2.05) is 30.3 Å². The van der Waals surface area contributed by atoms with Gasteiger partial charge in [0.2, 0.25) is 5.54 Å². The normalized spacial score (nSPS) is 18.6. The summed E-state index contributed by atoms with van der Waals surface area (Å²) in [7, 11) is 1.58. The Bertz CT molecular complexity index is 976. The van der Waals surface area contributed by atoms with Gasteiger partial charge in [-0.25, -0.2) is 4.79 Å². The monoisotopic (exact) mass is 392 g/mol. The number of carbonyl (C=O) groups excluding carboxylic acids is 3. The highest BCUT2D eigenvalue weighted by Crippen LogP contribution is 2.40. The highest BCUT2D eigenvalue weighted by atomic mass is 16.6. The lowest BCUT2D eigenvalue weighted by atomic mass is 9.86. The fraction of sp³-hybridized carbons (Fsp3) is 0.261. The molecule has 0 spiro atoms. The maximum absolute atomic E-state index is 13.4. The van der Waals surface area contributed by atoms with Gasteiger partial charge in [0.05, 0.1) is 0 Å². The number of para-hydroxylation sites is 1. The lowest BCUT2D eigenvalue weighted by Gasteiger charge is -2.29. The first-order chi connectivity index (χ1) is 13.6. The van der Waals surface area contributed by atoms with Gasteiger partial charge in [0.25, 0.3) is 5.91 Å². The van der Waals surface area contributed by atoms with Crippen molar-refractivity contribution in [1.29, 1.82) is 0 Å². The number of likely N-dealkylation sites (N-methyl/N-ethyl adjacent to an activating group) is 1. The first-order valence-corrected chi connectivity index (χ1v) is 9.31. The molecule has 0 saturated heterocycles. The number of fused-ring (bicyclic) bond motifs is 1. The molecular formula is C23H24N2O4. The summed E-state index contributed by atoms with van der Waals surface area (Å²) >= 11 is 0. The zero-order valence-electron chi connectivity index (χ0n) is 16.9. The zero-order chi connectivity index (χ0) is 21.2. The van der Waals surface area contributed by atoms with E-state index < -0.39 is 28.9 Å². The predicted molar refractivity (Wildman–Crippen MR) is 111 cm³/mol. The van der Waals surface area contributed by atoms with E-state index in [0.29, 0.717) is 11.3 Å². The number of nitrogens with one attached hydrogen (secondary N) is 1. The summed E-state index contributed by atoms with van der Waals surface area (Å²) in [6.07, 6.45) is 2.10. The first kappa shape index (κ1) is 20.3. The SMILES string of the molecule is CN1C(=O)[C@](NC(=O)OC(C)(C)C)(C(=O)/C=C/c2ccccc2)c2ccccc21. The molecule has 2 amide bonds. The summed E-state index contributed by atoms with van der Waals surface area (Å²) in [5.74, 6) is -1.08. The number of alkyl carbamates (subject to hydrolysis) is 1. The highest BCUT2D eigenvalue weighted by Gasteiger charge is 2.56. The summed E-state index contributed by atoms with van der Waals surface area (Å²) in [6, 6.07) is 16.2. The summed E-state index contributed by atoms with van der Waals surface area (Å²) < 4.78 is 5.34.